The summed E-state index contributed by atoms with van der Waals surface area (Å²) < 4.78 is 46.6. The Hall–Kier alpha value is -2.08. The van der Waals surface area contributed by atoms with Gasteiger partial charge < -0.3 is 9.84 Å². The predicted molar refractivity (Wildman–Crippen MR) is 66.6 cm³/mol. The van der Waals surface area contributed by atoms with Gasteiger partial charge in [0.2, 0.25) is 0 Å². The van der Waals surface area contributed by atoms with Crippen LogP contribution in [0.2, 0.25) is 0 Å². The number of pyridine rings is 1. The molecule has 3 nitrogen and oxygen atoms in total. The molecule has 0 fully saturated rings. The molecule has 2 rings (SSSR count). The second-order valence-electron chi connectivity index (χ2n) is 3.99. The van der Waals surface area contributed by atoms with Crippen LogP contribution >= 0.6 is 0 Å². The van der Waals surface area contributed by atoms with E-state index in [1.54, 1.807) is 6.92 Å². The van der Waals surface area contributed by atoms with E-state index in [2.05, 4.69) is 4.98 Å². The highest BCUT2D eigenvalue weighted by molar-refractivity contribution is 5.63. The van der Waals surface area contributed by atoms with E-state index in [1.165, 1.54) is 6.07 Å². The highest BCUT2D eigenvalue weighted by Gasteiger charge is 2.19. The fraction of sp³-hybridized carbons (Fsp3) is 0.214. The van der Waals surface area contributed by atoms with Crippen LogP contribution in [0.15, 0.2) is 24.3 Å². The van der Waals surface area contributed by atoms with Gasteiger partial charge in [0.15, 0.2) is 0 Å². The Morgan fingerprint density at radius 3 is 2.30 bits per heavy atom. The normalized spacial score (nSPS) is 10.7. The summed E-state index contributed by atoms with van der Waals surface area (Å²) in [6.07, 6.45) is 0. The van der Waals surface area contributed by atoms with E-state index >= 15 is 0 Å². The van der Waals surface area contributed by atoms with Crippen molar-refractivity contribution in [1.29, 1.82) is 0 Å². The maximum atomic E-state index is 13.9. The maximum absolute atomic E-state index is 13.9. The first-order chi connectivity index (χ1) is 9.56. The van der Waals surface area contributed by atoms with E-state index in [0.29, 0.717) is 0 Å². The minimum atomic E-state index is -0.977. The van der Waals surface area contributed by atoms with E-state index in [1.807, 2.05) is 0 Å². The minimum Gasteiger partial charge on any atom is -0.494 e. The Labute approximate surface area is 113 Å². The van der Waals surface area contributed by atoms with E-state index in [-0.39, 0.29) is 18.1 Å². The fourth-order valence-electron chi connectivity index (χ4n) is 1.77. The summed E-state index contributed by atoms with van der Waals surface area (Å²) in [5.74, 6) is -2.81. The van der Waals surface area contributed by atoms with Crippen molar-refractivity contribution in [3.63, 3.8) is 0 Å². The molecule has 0 aliphatic heterocycles. The number of halogens is 3. The van der Waals surface area contributed by atoms with Crippen molar-refractivity contribution in [2.45, 2.75) is 13.5 Å². The van der Waals surface area contributed by atoms with Crippen LogP contribution < -0.4 is 4.74 Å². The number of hydrogen-bond acceptors (Lipinski definition) is 3. The van der Waals surface area contributed by atoms with Crippen molar-refractivity contribution in [2.24, 2.45) is 0 Å². The molecule has 0 radical (unpaired) electrons. The van der Waals surface area contributed by atoms with Crippen molar-refractivity contribution in [2.75, 3.05) is 6.61 Å². The molecule has 1 aromatic heterocycles. The summed E-state index contributed by atoms with van der Waals surface area (Å²) in [6, 6.07) is 4.18. The molecule has 20 heavy (non-hydrogen) atoms. The Bertz CT molecular complexity index is 609. The van der Waals surface area contributed by atoms with Crippen LogP contribution in [0.4, 0.5) is 13.2 Å². The molecule has 106 valence electrons. The van der Waals surface area contributed by atoms with E-state index in [9.17, 15) is 13.2 Å². The van der Waals surface area contributed by atoms with Gasteiger partial charge in [-0.1, -0.05) is 0 Å². The summed E-state index contributed by atoms with van der Waals surface area (Å²) in [5, 5.41) is 8.96. The lowest BCUT2D eigenvalue weighted by atomic mass is 10.1. The van der Waals surface area contributed by atoms with E-state index in [0.717, 1.165) is 18.2 Å². The van der Waals surface area contributed by atoms with Crippen molar-refractivity contribution in [3.05, 3.63) is 47.4 Å². The topological polar surface area (TPSA) is 42.4 Å². The van der Waals surface area contributed by atoms with Gasteiger partial charge in [0.1, 0.15) is 28.9 Å². The fourth-order valence-corrected chi connectivity index (χ4v) is 1.77. The van der Waals surface area contributed by atoms with Crippen molar-refractivity contribution < 1.29 is 23.0 Å². The lowest BCUT2D eigenvalue weighted by molar-refractivity contribution is 0.276. The van der Waals surface area contributed by atoms with Gasteiger partial charge in [0.05, 0.1) is 24.5 Å². The van der Waals surface area contributed by atoms with Gasteiger partial charge in [-0.3, -0.25) is 0 Å². The van der Waals surface area contributed by atoms with E-state index in [4.69, 9.17) is 9.84 Å². The number of aliphatic hydroxyl groups is 1. The van der Waals surface area contributed by atoms with Gasteiger partial charge in [-0.05, 0) is 19.1 Å². The van der Waals surface area contributed by atoms with Crippen LogP contribution in [-0.4, -0.2) is 16.7 Å². The second kappa shape index (κ2) is 5.92. The zero-order valence-electron chi connectivity index (χ0n) is 10.7. The molecule has 0 atom stereocenters. The molecule has 0 aliphatic rings. The Kier molecular flexibility index (Phi) is 4.24. The molecule has 1 heterocycles. The highest BCUT2D eigenvalue weighted by Crippen LogP contribution is 2.30. The molecule has 0 saturated heterocycles. The average molecular weight is 283 g/mol. The smallest absolute Gasteiger partial charge is 0.149 e. The van der Waals surface area contributed by atoms with Crippen molar-refractivity contribution >= 4 is 0 Å². The van der Waals surface area contributed by atoms with Gasteiger partial charge in [-0.15, -0.1) is 0 Å². The highest BCUT2D eigenvalue weighted by atomic mass is 19.1. The van der Waals surface area contributed by atoms with Gasteiger partial charge in [-0.2, -0.15) is 0 Å². The molecule has 0 unspecified atom stereocenters. The van der Waals surface area contributed by atoms with Gasteiger partial charge in [0.25, 0.3) is 0 Å². The number of benzene rings is 1. The second-order valence-corrected chi connectivity index (χ2v) is 3.99. The third-order valence-corrected chi connectivity index (χ3v) is 2.63. The molecular weight excluding hydrogens is 271 g/mol. The quantitative estimate of drug-likeness (QED) is 0.937. The summed E-state index contributed by atoms with van der Waals surface area (Å²) in [7, 11) is 0. The molecule has 2 aromatic rings. The van der Waals surface area contributed by atoms with Crippen LogP contribution in [-0.2, 0) is 6.61 Å². The monoisotopic (exact) mass is 283 g/mol. The first kappa shape index (κ1) is 14.3. The van der Waals surface area contributed by atoms with Gasteiger partial charge >= 0.3 is 0 Å². The maximum Gasteiger partial charge on any atom is 0.149 e. The number of aliphatic hydroxyl groups excluding tert-OH is 1. The molecule has 0 spiro atoms. The zero-order valence-corrected chi connectivity index (χ0v) is 10.7. The molecule has 0 bridgehead atoms. The number of rotatable bonds is 4. The molecule has 0 saturated carbocycles. The third kappa shape index (κ3) is 2.75. The average Bonchev–Trinajstić information content (AvgIpc) is 2.40. The first-order valence-corrected chi connectivity index (χ1v) is 5.95. The molecule has 0 amide bonds. The third-order valence-electron chi connectivity index (χ3n) is 2.63. The van der Waals surface area contributed by atoms with Crippen LogP contribution in [0.1, 0.15) is 12.6 Å². The van der Waals surface area contributed by atoms with Crippen LogP contribution in [0.3, 0.4) is 0 Å². The molecular formula is C14H12F3NO2. The molecule has 6 heteroatoms. The predicted octanol–water partition coefficient (Wildman–Crippen LogP) is 3.06. The van der Waals surface area contributed by atoms with Crippen molar-refractivity contribution in [3.8, 4) is 17.0 Å². The largest absolute Gasteiger partial charge is 0.494 e. The lowest BCUT2D eigenvalue weighted by Gasteiger charge is -2.10. The van der Waals surface area contributed by atoms with Crippen LogP contribution in [0.5, 0.6) is 5.75 Å². The SMILES string of the molecule is CCOc1cc(F)c(-c2nc(CO)ccc2F)c(F)c1. The number of ether oxygens (including phenoxy) is 1. The minimum absolute atomic E-state index is 0.0185. The molecule has 1 aromatic carbocycles. The summed E-state index contributed by atoms with van der Waals surface area (Å²) >= 11 is 0. The molecule has 1 N–H and O–H groups in total. The summed E-state index contributed by atoms with van der Waals surface area (Å²) in [6.45, 7) is 1.48. The van der Waals surface area contributed by atoms with Crippen LogP contribution in [0, 0.1) is 17.5 Å². The van der Waals surface area contributed by atoms with Gasteiger partial charge in [0, 0.05) is 12.1 Å². The van der Waals surface area contributed by atoms with Crippen LogP contribution in [0.25, 0.3) is 11.3 Å². The number of nitrogens with zero attached hydrogens (tertiary/aromatic N) is 1. The zero-order chi connectivity index (χ0) is 14.7. The summed E-state index contributed by atoms with van der Waals surface area (Å²) in [5.41, 5.74) is -0.940. The number of hydrogen-bond donors (Lipinski definition) is 1. The number of aromatic nitrogens is 1. The Morgan fingerprint density at radius 1 is 1.10 bits per heavy atom. The summed E-state index contributed by atoms with van der Waals surface area (Å²) in [4.78, 5) is 3.71. The first-order valence-electron chi connectivity index (χ1n) is 5.95. The van der Waals surface area contributed by atoms with Gasteiger partial charge in [-0.25, -0.2) is 18.2 Å². The Morgan fingerprint density at radius 2 is 1.75 bits per heavy atom. The van der Waals surface area contributed by atoms with E-state index < -0.39 is 35.3 Å². The standard InChI is InChI=1S/C14H12F3NO2/c1-2-20-9-5-11(16)13(12(17)6-9)14-10(15)4-3-8(7-19)18-14/h3-6,19H,2,7H2,1H3. The lowest BCUT2D eigenvalue weighted by Crippen LogP contribution is -2.01. The Balaban J connectivity index is 2.58. The van der Waals surface area contributed by atoms with Crippen molar-refractivity contribution in [1.82, 2.24) is 4.98 Å². The molecule has 0 aliphatic carbocycles.